The molecule has 10 atom stereocenters. The molecule has 1 heterocycles. The zero-order chi connectivity index (χ0) is 36.6. The minimum absolute atomic E-state index is 0.0211. The maximum atomic E-state index is 14.8. The summed E-state index contributed by atoms with van der Waals surface area (Å²) >= 11 is 0. The molecule has 0 radical (unpaired) electrons. The number of Topliss-reactive ketones (excluding diaryl/α,β-unsaturated/α-hetero) is 1. The molecule has 0 spiro atoms. The minimum Gasteiger partial charge on any atom is -0.467 e. The van der Waals surface area contributed by atoms with Crippen LogP contribution in [0.15, 0.2) is 70.9 Å². The quantitative estimate of drug-likeness (QED) is 0.178. The zero-order valence-electron chi connectivity index (χ0n) is 32.0. The first-order valence-corrected chi connectivity index (χ1v) is 19.5. The normalized spacial score (nSPS) is 39.5. The van der Waals surface area contributed by atoms with Crippen LogP contribution in [0.5, 0.6) is 0 Å². The fourth-order valence-electron chi connectivity index (χ4n) is 13.5. The fourth-order valence-corrected chi connectivity index (χ4v) is 13.5. The highest BCUT2D eigenvalue weighted by Gasteiger charge is 2.72. The Morgan fingerprint density at radius 2 is 1.69 bits per heavy atom. The number of benzene rings is 1. The predicted octanol–water partition coefficient (Wildman–Crippen LogP) is 9.40. The number of esters is 1. The molecule has 2 aromatic rings. The second kappa shape index (κ2) is 12.6. The number of hydrogen-bond acceptors (Lipinski definition) is 5. The van der Waals surface area contributed by atoms with Gasteiger partial charge in [-0.25, -0.2) is 4.79 Å². The molecule has 0 bridgehead atoms. The summed E-state index contributed by atoms with van der Waals surface area (Å²) in [5.41, 5.74) is 2.13. The zero-order valence-corrected chi connectivity index (χ0v) is 32.0. The van der Waals surface area contributed by atoms with E-state index in [1.807, 2.05) is 48.5 Å². The highest BCUT2D eigenvalue weighted by Crippen LogP contribution is 2.77. The summed E-state index contributed by atoms with van der Waals surface area (Å²) in [5.74, 6) is 2.22. The number of ketones is 1. The SMILES string of the molecule is C=C(C)[C@@H]1CC[C@]2(C(=O)N[C@H](Cc3ccccc3)C(=O)OC)CC[C@]3(C)[C@H](CC[C@@H]4[C@@]5(C)C/C(=C/c6ccco6)C(=O)C(C)(C)[C@@H]5CC[C@]43C)[C@@H]12. The lowest BCUT2D eigenvalue weighted by Crippen LogP contribution is -2.67. The lowest BCUT2D eigenvalue weighted by Gasteiger charge is -2.72. The van der Waals surface area contributed by atoms with Gasteiger partial charge in [-0.05, 0) is 140 Å². The summed E-state index contributed by atoms with van der Waals surface area (Å²) in [5, 5.41) is 3.27. The Bertz CT molecular complexity index is 1720. The van der Waals surface area contributed by atoms with Crippen molar-refractivity contribution >= 4 is 23.7 Å². The van der Waals surface area contributed by atoms with E-state index in [0.717, 1.165) is 74.7 Å². The lowest BCUT2D eigenvalue weighted by molar-refractivity contribution is -0.229. The summed E-state index contributed by atoms with van der Waals surface area (Å²) in [6.45, 7) is 18.7. The molecule has 6 heteroatoms. The van der Waals surface area contributed by atoms with Gasteiger partial charge in [0.15, 0.2) is 5.78 Å². The van der Waals surface area contributed by atoms with Gasteiger partial charge < -0.3 is 14.5 Å². The highest BCUT2D eigenvalue weighted by molar-refractivity contribution is 6.04. The van der Waals surface area contributed by atoms with Crippen molar-refractivity contribution in [3.8, 4) is 0 Å². The molecule has 1 aromatic carbocycles. The van der Waals surface area contributed by atoms with Crippen LogP contribution in [0.25, 0.3) is 6.08 Å². The number of carbonyl (C=O) groups excluding carboxylic acids is 3. The predicted molar refractivity (Wildman–Crippen MR) is 200 cm³/mol. The average molecular weight is 694 g/mol. The molecule has 5 aliphatic carbocycles. The molecule has 5 fully saturated rings. The van der Waals surface area contributed by atoms with Crippen LogP contribution in [0.4, 0.5) is 0 Å². The van der Waals surface area contributed by atoms with E-state index in [4.69, 9.17) is 9.15 Å². The topological polar surface area (TPSA) is 85.6 Å². The number of furan rings is 1. The monoisotopic (exact) mass is 693 g/mol. The largest absolute Gasteiger partial charge is 0.467 e. The standard InChI is InChI=1S/C45H59NO5/c1-28(2)32-18-21-45(40(49)46-34(39(48)50-8)25-29-13-10-9-11-14-29)23-22-43(6)33(37(32)45)16-17-36-42(5)27-30(26-31-15-12-24-51-31)38(47)41(3,4)35(42)19-20-44(36,43)7/h9-15,24,26,32-37H,1,16-23,25,27H2,2-8H3,(H,46,49)/b30-26-/t32-,33+,34+,35-,36+,37+,42-,43+,44+,45-/m0/s1. The molecule has 0 saturated heterocycles. The number of allylic oxidation sites excluding steroid dienone is 2. The maximum absolute atomic E-state index is 14.8. The summed E-state index contributed by atoms with van der Waals surface area (Å²) in [7, 11) is 1.40. The van der Waals surface area contributed by atoms with Crippen molar-refractivity contribution in [2.45, 2.75) is 112 Å². The summed E-state index contributed by atoms with van der Waals surface area (Å²) in [6, 6.07) is 13.0. The summed E-state index contributed by atoms with van der Waals surface area (Å²) in [6.07, 6.45) is 12.8. The molecule has 7 rings (SSSR count). The third kappa shape index (κ3) is 5.35. The average Bonchev–Trinajstić information content (AvgIpc) is 3.76. The number of amides is 1. The van der Waals surface area contributed by atoms with E-state index in [-0.39, 0.29) is 39.8 Å². The molecule has 1 N–H and O–H groups in total. The Labute approximate surface area is 305 Å². The molecule has 5 saturated carbocycles. The van der Waals surface area contributed by atoms with E-state index >= 15 is 0 Å². The van der Waals surface area contributed by atoms with E-state index in [1.165, 1.54) is 12.7 Å². The third-order valence-corrected chi connectivity index (χ3v) is 16.0. The Balaban J connectivity index is 1.23. The number of rotatable bonds is 7. The van der Waals surface area contributed by atoms with Gasteiger partial charge >= 0.3 is 5.97 Å². The first-order valence-electron chi connectivity index (χ1n) is 19.5. The number of nitrogens with one attached hydrogen (secondary N) is 1. The van der Waals surface area contributed by atoms with Gasteiger partial charge in [0, 0.05) is 11.8 Å². The molecule has 274 valence electrons. The van der Waals surface area contributed by atoms with Gasteiger partial charge in [0.2, 0.25) is 5.91 Å². The molecular weight excluding hydrogens is 634 g/mol. The van der Waals surface area contributed by atoms with Gasteiger partial charge in [-0.1, -0.05) is 77.1 Å². The van der Waals surface area contributed by atoms with Crippen LogP contribution in [0.3, 0.4) is 0 Å². The second-order valence-corrected chi connectivity index (χ2v) is 18.5. The third-order valence-electron chi connectivity index (χ3n) is 16.0. The number of ether oxygens (including phenoxy) is 1. The Kier molecular flexibility index (Phi) is 8.90. The van der Waals surface area contributed by atoms with Gasteiger partial charge in [-0.2, -0.15) is 0 Å². The number of hydrogen-bond donors (Lipinski definition) is 1. The highest BCUT2D eigenvalue weighted by atomic mass is 16.5. The number of methoxy groups -OCH3 is 1. The fraction of sp³-hybridized carbons (Fsp3) is 0.622. The van der Waals surface area contributed by atoms with Crippen LogP contribution in [-0.4, -0.2) is 30.8 Å². The van der Waals surface area contributed by atoms with Crippen LogP contribution in [-0.2, 0) is 25.5 Å². The van der Waals surface area contributed by atoms with Crippen molar-refractivity contribution < 1.29 is 23.5 Å². The number of fused-ring (bicyclic) bond motifs is 7. The van der Waals surface area contributed by atoms with Crippen molar-refractivity contribution in [2.24, 2.45) is 56.7 Å². The van der Waals surface area contributed by atoms with Gasteiger partial charge in [0.25, 0.3) is 0 Å². The van der Waals surface area contributed by atoms with Crippen molar-refractivity contribution in [1.29, 1.82) is 0 Å². The van der Waals surface area contributed by atoms with Gasteiger partial charge in [0.1, 0.15) is 11.8 Å². The summed E-state index contributed by atoms with van der Waals surface area (Å²) < 4.78 is 10.9. The molecule has 1 amide bonds. The van der Waals surface area contributed by atoms with E-state index in [1.54, 1.807) is 6.26 Å². The number of carbonyl (C=O) groups is 3. The Morgan fingerprint density at radius 1 is 0.941 bits per heavy atom. The van der Waals surface area contributed by atoms with Crippen LogP contribution in [0.2, 0.25) is 0 Å². The molecule has 0 unspecified atom stereocenters. The minimum atomic E-state index is -0.735. The van der Waals surface area contributed by atoms with Crippen molar-refractivity contribution in [1.82, 2.24) is 5.32 Å². The first kappa shape index (κ1) is 36.0. The molecular formula is C45H59NO5. The van der Waals surface area contributed by atoms with Gasteiger partial charge in [0.05, 0.1) is 18.8 Å². The maximum Gasteiger partial charge on any atom is 0.328 e. The molecule has 5 aliphatic rings. The van der Waals surface area contributed by atoms with Gasteiger partial charge in [-0.3, -0.25) is 9.59 Å². The van der Waals surface area contributed by atoms with Crippen molar-refractivity contribution in [2.75, 3.05) is 7.11 Å². The first-order chi connectivity index (χ1) is 24.1. The van der Waals surface area contributed by atoms with E-state index in [0.29, 0.717) is 24.2 Å². The van der Waals surface area contributed by atoms with E-state index in [9.17, 15) is 14.4 Å². The molecule has 51 heavy (non-hydrogen) atoms. The van der Waals surface area contributed by atoms with Crippen LogP contribution in [0.1, 0.15) is 111 Å². The van der Waals surface area contributed by atoms with E-state index in [2.05, 4.69) is 53.4 Å². The van der Waals surface area contributed by atoms with Crippen LogP contribution >= 0.6 is 0 Å². The smallest absolute Gasteiger partial charge is 0.328 e. The second-order valence-electron chi connectivity index (χ2n) is 18.5. The van der Waals surface area contributed by atoms with Crippen molar-refractivity contribution in [3.05, 3.63) is 77.8 Å². The Hall–Kier alpha value is -3.41. The van der Waals surface area contributed by atoms with Crippen LogP contribution < -0.4 is 5.32 Å². The molecule has 0 aliphatic heterocycles. The van der Waals surface area contributed by atoms with Crippen LogP contribution in [0, 0.1) is 56.7 Å². The molecule has 6 nitrogen and oxygen atoms in total. The summed E-state index contributed by atoms with van der Waals surface area (Å²) in [4.78, 5) is 42.0. The van der Waals surface area contributed by atoms with Crippen molar-refractivity contribution in [3.63, 3.8) is 0 Å². The Morgan fingerprint density at radius 3 is 2.35 bits per heavy atom. The van der Waals surface area contributed by atoms with Gasteiger partial charge in [-0.15, -0.1) is 0 Å². The van der Waals surface area contributed by atoms with E-state index < -0.39 is 22.8 Å². The lowest BCUT2D eigenvalue weighted by atomic mass is 9.32. The molecule has 1 aromatic heterocycles.